The smallest absolute Gasteiger partial charge is 0.234 e. The van der Waals surface area contributed by atoms with Crippen LogP contribution in [0.4, 0.5) is 5.69 Å². The van der Waals surface area contributed by atoms with E-state index in [-0.39, 0.29) is 27.8 Å². The Kier molecular flexibility index (Phi) is 8.71. The van der Waals surface area contributed by atoms with E-state index in [1.807, 2.05) is 42.7 Å². The van der Waals surface area contributed by atoms with Gasteiger partial charge < -0.3 is 14.6 Å². The van der Waals surface area contributed by atoms with E-state index in [0.717, 1.165) is 12.2 Å². The van der Waals surface area contributed by atoms with Crippen LogP contribution >= 0.6 is 46.6 Å². The Morgan fingerprint density at radius 3 is 2.38 bits per heavy atom. The van der Waals surface area contributed by atoms with Crippen molar-refractivity contribution in [3.8, 4) is 5.75 Å². The third-order valence-corrected chi connectivity index (χ3v) is 6.45. The number of ether oxygens (including phenoxy) is 1. The van der Waals surface area contributed by atoms with Gasteiger partial charge in [-0.3, -0.25) is 4.79 Å². The van der Waals surface area contributed by atoms with Gasteiger partial charge in [-0.15, -0.1) is 10.2 Å². The Hall–Kier alpha value is -1.93. The maximum Gasteiger partial charge on any atom is 0.234 e. The van der Waals surface area contributed by atoms with Crippen molar-refractivity contribution in [2.45, 2.75) is 45.0 Å². The average Bonchev–Trinajstić information content (AvgIpc) is 3.18. The highest BCUT2D eigenvalue weighted by atomic mass is 35.5. The van der Waals surface area contributed by atoms with Gasteiger partial charge in [-0.05, 0) is 50.1 Å². The molecule has 32 heavy (non-hydrogen) atoms. The van der Waals surface area contributed by atoms with Gasteiger partial charge in [0.15, 0.2) is 17.1 Å². The molecule has 0 aliphatic heterocycles. The number of hydrogen-bond donors (Lipinski definition) is 1. The number of hydrogen-bond acceptors (Lipinski definition) is 5. The molecular formula is C22H23Cl3N4O2S. The van der Waals surface area contributed by atoms with Gasteiger partial charge in [-0.2, -0.15) is 0 Å². The Labute approximate surface area is 206 Å². The summed E-state index contributed by atoms with van der Waals surface area (Å²) in [5.74, 6) is 1.30. The van der Waals surface area contributed by atoms with Crippen molar-refractivity contribution in [1.82, 2.24) is 14.8 Å². The van der Waals surface area contributed by atoms with Crippen molar-refractivity contribution < 1.29 is 9.53 Å². The molecule has 170 valence electrons. The summed E-state index contributed by atoms with van der Waals surface area (Å²) < 4.78 is 7.98. The molecule has 3 aromatic rings. The van der Waals surface area contributed by atoms with Gasteiger partial charge in [-0.1, -0.05) is 65.6 Å². The first-order valence-electron chi connectivity index (χ1n) is 10.1. The lowest BCUT2D eigenvalue weighted by Crippen LogP contribution is -2.16. The first-order valence-corrected chi connectivity index (χ1v) is 12.2. The van der Waals surface area contributed by atoms with Crippen molar-refractivity contribution >= 4 is 58.2 Å². The number of aryl methyl sites for hydroxylation is 1. The van der Waals surface area contributed by atoms with Gasteiger partial charge in [0.2, 0.25) is 5.91 Å². The van der Waals surface area contributed by atoms with E-state index in [9.17, 15) is 4.79 Å². The van der Waals surface area contributed by atoms with E-state index in [1.165, 1.54) is 29.5 Å². The van der Waals surface area contributed by atoms with Crippen LogP contribution < -0.4 is 10.1 Å². The third kappa shape index (κ3) is 6.10. The number of anilines is 1. The van der Waals surface area contributed by atoms with Gasteiger partial charge in [0.25, 0.3) is 0 Å². The summed E-state index contributed by atoms with van der Waals surface area (Å²) in [6.07, 6.45) is 0.676. The number of rotatable bonds is 9. The Morgan fingerprint density at radius 1 is 1.12 bits per heavy atom. The predicted octanol–water partition coefficient (Wildman–Crippen LogP) is 6.69. The number of aromatic nitrogens is 3. The summed E-state index contributed by atoms with van der Waals surface area (Å²) in [6.45, 7) is 6.67. The van der Waals surface area contributed by atoms with E-state index < -0.39 is 0 Å². The number of benzene rings is 2. The Morgan fingerprint density at radius 2 is 1.78 bits per heavy atom. The molecular weight excluding hydrogens is 491 g/mol. The van der Waals surface area contributed by atoms with Crippen molar-refractivity contribution in [3.63, 3.8) is 0 Å². The van der Waals surface area contributed by atoms with Crippen LogP contribution in [0.2, 0.25) is 15.1 Å². The molecule has 0 saturated heterocycles. The van der Waals surface area contributed by atoms with Gasteiger partial charge in [-0.25, -0.2) is 0 Å². The van der Waals surface area contributed by atoms with Crippen molar-refractivity contribution in [2.75, 3.05) is 11.1 Å². The number of carbonyl (C=O) groups is 1. The molecule has 0 unspecified atom stereocenters. The highest BCUT2D eigenvalue weighted by Crippen LogP contribution is 2.34. The quantitative estimate of drug-likeness (QED) is 0.323. The molecule has 0 spiro atoms. The molecule has 1 atom stereocenters. The fourth-order valence-electron chi connectivity index (χ4n) is 3.03. The van der Waals surface area contributed by atoms with E-state index in [0.29, 0.717) is 28.2 Å². The molecule has 1 heterocycles. The average molecular weight is 514 g/mol. The first-order chi connectivity index (χ1) is 15.3. The van der Waals surface area contributed by atoms with Gasteiger partial charge in [0.1, 0.15) is 5.75 Å². The molecule has 1 N–H and O–H groups in total. The second-order valence-electron chi connectivity index (χ2n) is 6.92. The van der Waals surface area contributed by atoms with Gasteiger partial charge in [0, 0.05) is 11.6 Å². The minimum absolute atomic E-state index is 0.112. The van der Waals surface area contributed by atoms with Crippen LogP contribution in [0.15, 0.2) is 41.6 Å². The maximum atomic E-state index is 12.4. The summed E-state index contributed by atoms with van der Waals surface area (Å²) in [4.78, 5) is 12.4. The highest BCUT2D eigenvalue weighted by molar-refractivity contribution is 7.99. The zero-order chi connectivity index (χ0) is 23.3. The van der Waals surface area contributed by atoms with Crippen molar-refractivity contribution in [1.29, 1.82) is 0 Å². The van der Waals surface area contributed by atoms with E-state index in [2.05, 4.69) is 22.4 Å². The normalized spacial score (nSPS) is 11.9. The van der Waals surface area contributed by atoms with Crippen LogP contribution in [0.5, 0.6) is 5.75 Å². The van der Waals surface area contributed by atoms with Crippen LogP contribution in [0.3, 0.4) is 0 Å². The van der Waals surface area contributed by atoms with Crippen LogP contribution in [-0.2, 0) is 17.8 Å². The molecule has 1 aromatic heterocycles. The molecule has 1 amide bonds. The molecule has 0 radical (unpaired) electrons. The highest BCUT2D eigenvalue weighted by Gasteiger charge is 2.20. The zero-order valence-corrected chi connectivity index (χ0v) is 20.9. The van der Waals surface area contributed by atoms with E-state index in [4.69, 9.17) is 39.5 Å². The number of nitrogens with zero attached hydrogens (tertiary/aromatic N) is 3. The summed E-state index contributed by atoms with van der Waals surface area (Å²) in [5, 5.41) is 12.8. The Balaban J connectivity index is 1.64. The third-order valence-electron chi connectivity index (χ3n) is 4.67. The van der Waals surface area contributed by atoms with Crippen molar-refractivity contribution in [3.05, 3.63) is 62.9 Å². The lowest BCUT2D eigenvalue weighted by atomic mass is 10.2. The topological polar surface area (TPSA) is 69.0 Å². The summed E-state index contributed by atoms with van der Waals surface area (Å²) in [6, 6.07) is 11.0. The second-order valence-corrected chi connectivity index (χ2v) is 9.12. The fourth-order valence-corrected chi connectivity index (χ4v) is 4.75. The van der Waals surface area contributed by atoms with E-state index in [1.54, 1.807) is 0 Å². The summed E-state index contributed by atoms with van der Waals surface area (Å²) in [5.41, 5.74) is 1.58. The minimum atomic E-state index is -0.301. The molecule has 10 heteroatoms. The SMILES string of the molecule is CCc1ccc(O[C@H](C)c2nnc(SCC(=O)Nc3c(Cl)cc(Cl)cc3Cl)n2CC)cc1. The second kappa shape index (κ2) is 11.3. The lowest BCUT2D eigenvalue weighted by molar-refractivity contribution is -0.113. The predicted molar refractivity (Wildman–Crippen MR) is 131 cm³/mol. The Bertz CT molecular complexity index is 1070. The van der Waals surface area contributed by atoms with Gasteiger partial charge in [0.05, 0.1) is 21.5 Å². The molecule has 0 bridgehead atoms. The molecule has 6 nitrogen and oxygen atoms in total. The molecule has 0 fully saturated rings. The van der Waals surface area contributed by atoms with Crippen LogP contribution in [-0.4, -0.2) is 26.4 Å². The first kappa shape index (κ1) is 24.7. The monoisotopic (exact) mass is 512 g/mol. The lowest BCUT2D eigenvalue weighted by Gasteiger charge is -2.16. The summed E-state index contributed by atoms with van der Waals surface area (Å²) >= 11 is 19.5. The van der Waals surface area contributed by atoms with Crippen LogP contribution in [0.25, 0.3) is 0 Å². The van der Waals surface area contributed by atoms with E-state index >= 15 is 0 Å². The maximum absolute atomic E-state index is 12.4. The largest absolute Gasteiger partial charge is 0.483 e. The van der Waals surface area contributed by atoms with Gasteiger partial charge >= 0.3 is 0 Å². The molecule has 2 aromatic carbocycles. The summed E-state index contributed by atoms with van der Waals surface area (Å²) in [7, 11) is 0. The fraction of sp³-hybridized carbons (Fsp3) is 0.318. The van der Waals surface area contributed by atoms with Crippen molar-refractivity contribution in [2.24, 2.45) is 0 Å². The number of carbonyl (C=O) groups excluding carboxylic acids is 1. The number of amides is 1. The van der Waals surface area contributed by atoms with Crippen LogP contribution in [0.1, 0.15) is 38.3 Å². The minimum Gasteiger partial charge on any atom is -0.483 e. The molecule has 0 aliphatic carbocycles. The molecule has 0 aliphatic rings. The zero-order valence-electron chi connectivity index (χ0n) is 17.9. The molecule has 0 saturated carbocycles. The standard InChI is InChI=1S/C22H23Cl3N4O2S/c1-4-14-6-8-16(9-7-14)31-13(3)21-27-28-22(29(21)5-2)32-12-19(30)26-20-17(24)10-15(23)11-18(20)25/h6-11,13H,4-5,12H2,1-3H3,(H,26,30)/t13-/m1/s1. The molecule has 3 rings (SSSR count). The number of thioether (sulfide) groups is 1. The number of halogens is 3. The number of nitrogens with one attached hydrogen (secondary N) is 1. The van der Waals surface area contributed by atoms with Crippen LogP contribution in [0, 0.1) is 0 Å².